The molecule has 9 rings (SSSR count). The molecule has 3 aromatic rings. The Morgan fingerprint density at radius 1 is 0.943 bits per heavy atom. The average molecular weight is 718 g/mol. The molecule has 0 radical (unpaired) electrons. The SMILES string of the molecule is CN1Cc2c(cnn2C2CN(Cc3cccc(C(=O)N4CC5CCC4C5)n3)C2)-c2cccc(NC(/C=C(\N)NC(=O)C3CC3)=C(/N)C(=O)NC3CC3)c21. The van der Waals surface area contributed by atoms with Crippen LogP contribution >= 0.6 is 0 Å². The maximum atomic E-state index is 13.3. The highest BCUT2D eigenvalue weighted by molar-refractivity contribution is 5.96. The first kappa shape index (κ1) is 33.5. The minimum Gasteiger partial charge on any atom is -0.393 e. The van der Waals surface area contributed by atoms with Gasteiger partial charge in [0, 0.05) is 68.4 Å². The van der Waals surface area contributed by atoms with Crippen molar-refractivity contribution in [3.63, 3.8) is 0 Å². The van der Waals surface area contributed by atoms with Crippen LogP contribution in [0.4, 0.5) is 11.4 Å². The molecular weight excluding hydrogens is 671 g/mol. The molecule has 0 spiro atoms. The smallest absolute Gasteiger partial charge is 0.272 e. The number of likely N-dealkylation sites (tertiary alicyclic amines) is 2. The lowest BCUT2D eigenvalue weighted by atomic mass is 9.97. The topological polar surface area (TPSA) is 180 Å². The van der Waals surface area contributed by atoms with Crippen LogP contribution in [-0.2, 0) is 22.7 Å². The van der Waals surface area contributed by atoms with Gasteiger partial charge in [-0.2, -0.15) is 5.10 Å². The zero-order valence-electron chi connectivity index (χ0n) is 30.1. The number of nitrogens with zero attached hydrogens (tertiary/aromatic N) is 6. The quantitative estimate of drug-likeness (QED) is 0.146. The van der Waals surface area contributed by atoms with Gasteiger partial charge < -0.3 is 37.2 Å². The lowest BCUT2D eigenvalue weighted by Gasteiger charge is -2.40. The fourth-order valence-electron chi connectivity index (χ4n) is 8.45. The van der Waals surface area contributed by atoms with E-state index < -0.39 is 0 Å². The van der Waals surface area contributed by atoms with E-state index in [9.17, 15) is 14.4 Å². The van der Waals surface area contributed by atoms with Crippen molar-refractivity contribution in [1.29, 1.82) is 0 Å². The molecule has 14 heteroatoms. The Morgan fingerprint density at radius 3 is 2.49 bits per heavy atom. The summed E-state index contributed by atoms with van der Waals surface area (Å²) in [5.41, 5.74) is 19.4. The Morgan fingerprint density at radius 2 is 1.75 bits per heavy atom. The molecule has 2 saturated heterocycles. The van der Waals surface area contributed by atoms with E-state index in [1.807, 2.05) is 48.5 Å². The van der Waals surface area contributed by atoms with Gasteiger partial charge >= 0.3 is 0 Å². The highest BCUT2D eigenvalue weighted by Crippen LogP contribution is 2.44. The van der Waals surface area contributed by atoms with Crippen LogP contribution in [0.3, 0.4) is 0 Å². The highest BCUT2D eigenvalue weighted by Gasteiger charge is 2.41. The normalized spacial score (nSPS) is 22.8. The van der Waals surface area contributed by atoms with Gasteiger partial charge in [-0.15, -0.1) is 0 Å². The fraction of sp³-hybridized carbons (Fsp3) is 0.462. The van der Waals surface area contributed by atoms with Crippen LogP contribution in [0.2, 0.25) is 0 Å². The number of rotatable bonds is 11. The average Bonchev–Trinajstić information content (AvgIpc) is 4.03. The van der Waals surface area contributed by atoms with Gasteiger partial charge in [-0.3, -0.25) is 24.0 Å². The van der Waals surface area contributed by atoms with Crippen molar-refractivity contribution >= 4 is 29.1 Å². The van der Waals surface area contributed by atoms with E-state index in [0.717, 1.165) is 92.0 Å². The maximum Gasteiger partial charge on any atom is 0.272 e. The first-order valence-corrected chi connectivity index (χ1v) is 18.9. The van der Waals surface area contributed by atoms with Gasteiger partial charge in [0.2, 0.25) is 5.91 Å². The molecule has 276 valence electrons. The van der Waals surface area contributed by atoms with E-state index in [4.69, 9.17) is 21.5 Å². The molecular formula is C39H47N11O3. The van der Waals surface area contributed by atoms with Crippen LogP contribution in [0.15, 0.2) is 65.9 Å². The summed E-state index contributed by atoms with van der Waals surface area (Å²) < 4.78 is 2.15. The van der Waals surface area contributed by atoms with E-state index >= 15 is 0 Å². The Labute approximate surface area is 308 Å². The number of hydrogen-bond donors (Lipinski definition) is 5. The third-order valence-corrected chi connectivity index (χ3v) is 11.6. The number of anilines is 2. The third-order valence-electron chi connectivity index (χ3n) is 11.6. The van der Waals surface area contributed by atoms with E-state index in [1.54, 1.807) is 0 Å². The van der Waals surface area contributed by atoms with Crippen molar-refractivity contribution in [3.8, 4) is 11.1 Å². The van der Waals surface area contributed by atoms with Crippen LogP contribution in [0, 0.1) is 11.8 Å². The van der Waals surface area contributed by atoms with Crippen molar-refractivity contribution in [2.24, 2.45) is 23.3 Å². The first-order valence-electron chi connectivity index (χ1n) is 18.9. The minimum absolute atomic E-state index is 0.00782. The van der Waals surface area contributed by atoms with Gasteiger partial charge in [-0.05, 0) is 69.1 Å². The maximum absolute atomic E-state index is 13.3. The zero-order chi connectivity index (χ0) is 36.4. The Balaban J connectivity index is 0.904. The number of carbonyl (C=O) groups excluding carboxylic acids is 3. The molecule has 2 unspecified atom stereocenters. The number of fused-ring (bicyclic) bond motifs is 5. The van der Waals surface area contributed by atoms with Gasteiger partial charge in [-0.25, -0.2) is 4.98 Å². The Hall–Kier alpha value is -5.37. The molecule has 53 heavy (non-hydrogen) atoms. The molecule has 5 fully saturated rings. The van der Waals surface area contributed by atoms with E-state index in [1.165, 1.54) is 12.5 Å². The zero-order valence-corrected chi connectivity index (χ0v) is 30.1. The number of allylic oxidation sites excluding steroid dienone is 1. The number of carbonyl (C=O) groups is 3. The van der Waals surface area contributed by atoms with Gasteiger partial charge in [0.1, 0.15) is 17.2 Å². The molecule has 3 aliphatic heterocycles. The van der Waals surface area contributed by atoms with E-state index in [-0.39, 0.29) is 47.2 Å². The number of aromatic nitrogens is 3. The summed E-state index contributed by atoms with van der Waals surface area (Å²) in [6.45, 7) is 3.86. The minimum atomic E-state index is -0.380. The van der Waals surface area contributed by atoms with Crippen molar-refractivity contribution in [3.05, 3.63) is 83.0 Å². The molecule has 2 atom stereocenters. The number of benzene rings is 1. The summed E-state index contributed by atoms with van der Waals surface area (Å²) in [6, 6.07) is 12.5. The Bertz CT molecular complexity index is 2040. The lowest BCUT2D eigenvalue weighted by Crippen LogP contribution is -2.48. The van der Waals surface area contributed by atoms with Crippen LogP contribution in [0.5, 0.6) is 0 Å². The second kappa shape index (κ2) is 13.2. The summed E-state index contributed by atoms with van der Waals surface area (Å²) in [4.78, 5) is 50.1. The molecule has 2 aromatic heterocycles. The summed E-state index contributed by atoms with van der Waals surface area (Å²) in [7, 11) is 2.04. The Kier molecular flexibility index (Phi) is 8.36. The van der Waals surface area contributed by atoms with Crippen LogP contribution in [0.1, 0.15) is 72.9 Å². The van der Waals surface area contributed by atoms with Gasteiger partial charge in [0.25, 0.3) is 11.8 Å². The van der Waals surface area contributed by atoms with Crippen molar-refractivity contribution in [2.75, 3.05) is 36.9 Å². The van der Waals surface area contributed by atoms with Crippen molar-refractivity contribution < 1.29 is 14.4 Å². The van der Waals surface area contributed by atoms with Crippen molar-refractivity contribution in [1.82, 2.24) is 35.2 Å². The molecule has 5 heterocycles. The standard InChI is InChI=1S/C39H47N11O3/c1-47-21-33-29(16-42-50(33)27-19-48(20-27)18-25-4-2-7-31(43-25)39(53)49-17-22-8-13-26(49)14-22)28-5-3-6-30(36(28)47)45-32(35(41)38(52)44-24-11-12-24)15-34(40)46-37(51)23-9-10-23/h2-7,15-16,22-24,26-27,45H,8-14,17-21,40-41H2,1H3,(H,44,52)(H,46,51)/b34-15+,35-32+. The fourth-order valence-corrected chi connectivity index (χ4v) is 8.45. The van der Waals surface area contributed by atoms with Gasteiger partial charge in [0.15, 0.2) is 0 Å². The van der Waals surface area contributed by atoms with E-state index in [0.29, 0.717) is 36.4 Å². The number of hydrogen-bond acceptors (Lipinski definition) is 10. The molecule has 1 aromatic carbocycles. The summed E-state index contributed by atoms with van der Waals surface area (Å²) >= 11 is 0. The van der Waals surface area contributed by atoms with Crippen LogP contribution in [-0.4, -0.2) is 81.1 Å². The van der Waals surface area contributed by atoms with Crippen molar-refractivity contribution in [2.45, 2.75) is 76.2 Å². The van der Waals surface area contributed by atoms with Crippen LogP contribution < -0.4 is 32.3 Å². The number of para-hydroxylation sites is 1. The molecule has 2 bridgehead atoms. The first-order chi connectivity index (χ1) is 25.7. The molecule has 7 N–H and O–H groups in total. The van der Waals surface area contributed by atoms with E-state index in [2.05, 4.69) is 36.5 Å². The predicted octanol–water partition coefficient (Wildman–Crippen LogP) is 2.76. The molecule has 3 amide bonds. The monoisotopic (exact) mass is 717 g/mol. The number of piperidine rings is 1. The number of amides is 3. The third kappa shape index (κ3) is 6.60. The molecule has 6 aliphatic rings. The van der Waals surface area contributed by atoms with Crippen LogP contribution in [0.25, 0.3) is 11.1 Å². The van der Waals surface area contributed by atoms with Gasteiger partial charge in [-0.1, -0.05) is 18.2 Å². The number of nitrogens with one attached hydrogen (secondary N) is 3. The highest BCUT2D eigenvalue weighted by atomic mass is 16.2. The second-order valence-electron chi connectivity index (χ2n) is 15.7. The molecule has 3 saturated carbocycles. The second-order valence-corrected chi connectivity index (χ2v) is 15.7. The summed E-state index contributed by atoms with van der Waals surface area (Å²) in [5, 5.41) is 14.0. The lowest BCUT2D eigenvalue weighted by molar-refractivity contribution is -0.121. The summed E-state index contributed by atoms with van der Waals surface area (Å²) in [5.74, 6) is 0.316. The number of nitrogens with two attached hydrogens (primary N) is 2. The molecule has 14 nitrogen and oxygen atoms in total. The molecule has 3 aliphatic carbocycles. The van der Waals surface area contributed by atoms with Gasteiger partial charge in [0.05, 0.1) is 47.2 Å². The predicted molar refractivity (Wildman–Crippen MR) is 200 cm³/mol. The summed E-state index contributed by atoms with van der Waals surface area (Å²) in [6.07, 6.45) is 10.5. The number of pyridine rings is 1. The largest absolute Gasteiger partial charge is 0.393 e.